The van der Waals surface area contributed by atoms with Crippen LogP contribution in [0.5, 0.6) is 0 Å². The zero-order chi connectivity index (χ0) is 11.8. The number of H-pyrrole nitrogens is 1. The smallest absolute Gasteiger partial charge is 0.549 e. The standard InChI is InChI=1S/C14H13NO2/c16-14(17)10-5-6-11-12(8-15-13(11)7-10)9-3-1-2-4-9/h3,5-8,15H,1-2,4H2,(H,16,17)/p+1. The number of benzene rings is 1. The van der Waals surface area contributed by atoms with Crippen LogP contribution in [0, 0.1) is 0 Å². The van der Waals surface area contributed by atoms with Gasteiger partial charge in [-0.1, -0.05) is 12.1 Å². The van der Waals surface area contributed by atoms with Crippen LogP contribution in [0.25, 0.3) is 16.5 Å². The molecular weight excluding hydrogens is 214 g/mol. The van der Waals surface area contributed by atoms with E-state index in [2.05, 4.69) is 11.1 Å². The molecule has 3 N–H and O–H groups in total. The number of aromatic nitrogens is 1. The third-order valence-corrected chi connectivity index (χ3v) is 3.33. The molecule has 1 aliphatic rings. The largest absolute Gasteiger partial charge is 0.561 e. The summed E-state index contributed by atoms with van der Waals surface area (Å²) in [5.41, 5.74) is 4.00. The molecule has 0 fully saturated rings. The maximum absolute atomic E-state index is 11.0. The predicted molar refractivity (Wildman–Crippen MR) is 68.1 cm³/mol. The van der Waals surface area contributed by atoms with E-state index in [0.29, 0.717) is 5.56 Å². The number of carbonyl (C=O) groups is 1. The number of fused-ring (bicyclic) bond motifs is 1. The second-order valence-electron chi connectivity index (χ2n) is 4.41. The topological polar surface area (TPSA) is 55.8 Å². The number of nitrogens with one attached hydrogen (secondary N) is 1. The summed E-state index contributed by atoms with van der Waals surface area (Å²) < 4.78 is 0. The van der Waals surface area contributed by atoms with Crippen molar-refractivity contribution in [1.82, 2.24) is 4.98 Å². The Labute approximate surface area is 98.8 Å². The lowest BCUT2D eigenvalue weighted by Crippen LogP contribution is -1.94. The Balaban J connectivity index is 2.13. The van der Waals surface area contributed by atoms with Crippen molar-refractivity contribution in [3.63, 3.8) is 0 Å². The Hall–Kier alpha value is -2.03. The van der Waals surface area contributed by atoms with Gasteiger partial charge in [0.2, 0.25) is 0 Å². The van der Waals surface area contributed by atoms with Gasteiger partial charge in [0.05, 0.1) is 0 Å². The molecule has 0 aliphatic heterocycles. The van der Waals surface area contributed by atoms with E-state index in [9.17, 15) is 4.79 Å². The van der Waals surface area contributed by atoms with E-state index in [1.807, 2.05) is 12.3 Å². The average Bonchev–Trinajstić information content (AvgIpc) is 2.96. The predicted octanol–water partition coefficient (Wildman–Crippen LogP) is 2.60. The van der Waals surface area contributed by atoms with Gasteiger partial charge in [0, 0.05) is 27.5 Å². The van der Waals surface area contributed by atoms with Gasteiger partial charge < -0.3 is 10.1 Å². The Bertz CT molecular complexity index is 622. The van der Waals surface area contributed by atoms with Gasteiger partial charge in [-0.15, -0.1) is 0 Å². The molecule has 0 amide bonds. The van der Waals surface area contributed by atoms with Gasteiger partial charge in [-0.3, -0.25) is 0 Å². The molecule has 0 atom stereocenters. The van der Waals surface area contributed by atoms with Gasteiger partial charge in [0.25, 0.3) is 0 Å². The van der Waals surface area contributed by atoms with E-state index < -0.39 is 5.97 Å². The molecule has 0 bridgehead atoms. The van der Waals surface area contributed by atoms with Crippen LogP contribution in [0.3, 0.4) is 0 Å². The van der Waals surface area contributed by atoms with Gasteiger partial charge in [-0.2, -0.15) is 0 Å². The molecule has 3 heteroatoms. The van der Waals surface area contributed by atoms with Crippen molar-refractivity contribution < 1.29 is 9.90 Å². The maximum Gasteiger partial charge on any atom is 0.549 e. The van der Waals surface area contributed by atoms with Gasteiger partial charge in [0.15, 0.2) is 0 Å². The molecule has 3 rings (SSSR count). The van der Waals surface area contributed by atoms with Gasteiger partial charge >= 0.3 is 5.97 Å². The quantitative estimate of drug-likeness (QED) is 0.789. The highest BCUT2D eigenvalue weighted by atomic mass is 16.4. The van der Waals surface area contributed by atoms with Crippen LogP contribution < -0.4 is 0 Å². The van der Waals surface area contributed by atoms with E-state index in [1.165, 1.54) is 17.6 Å². The van der Waals surface area contributed by atoms with E-state index in [0.717, 1.165) is 23.7 Å². The third kappa shape index (κ3) is 1.64. The summed E-state index contributed by atoms with van der Waals surface area (Å²) in [6.07, 6.45) is 7.80. The molecule has 1 heterocycles. The fraction of sp³-hybridized carbons (Fsp3) is 0.214. The molecule has 2 aromatic rings. The van der Waals surface area contributed by atoms with Crippen molar-refractivity contribution in [1.29, 1.82) is 0 Å². The van der Waals surface area contributed by atoms with Crippen molar-refractivity contribution in [2.24, 2.45) is 0 Å². The van der Waals surface area contributed by atoms with Crippen molar-refractivity contribution in [2.45, 2.75) is 19.3 Å². The zero-order valence-electron chi connectivity index (χ0n) is 9.42. The monoisotopic (exact) mass is 228 g/mol. The number of rotatable bonds is 2. The number of allylic oxidation sites excluding steroid dienone is 2. The van der Waals surface area contributed by atoms with E-state index >= 15 is 0 Å². The first kappa shape index (κ1) is 10.1. The van der Waals surface area contributed by atoms with Crippen molar-refractivity contribution in [2.75, 3.05) is 0 Å². The van der Waals surface area contributed by atoms with Crippen LogP contribution >= 0.6 is 0 Å². The lowest BCUT2D eigenvalue weighted by atomic mass is 10.0. The SMILES string of the molecule is O=C([OH2+])c1ccc2c(C3=CCCC3)c[nH]c2c1. The van der Waals surface area contributed by atoms with E-state index in [1.54, 1.807) is 12.1 Å². The van der Waals surface area contributed by atoms with Crippen LogP contribution in [-0.4, -0.2) is 16.1 Å². The number of aromatic amines is 1. The van der Waals surface area contributed by atoms with Crippen LogP contribution in [-0.2, 0) is 0 Å². The minimum atomic E-state index is -0.636. The van der Waals surface area contributed by atoms with Gasteiger partial charge in [0.1, 0.15) is 5.56 Å². The third-order valence-electron chi connectivity index (χ3n) is 3.33. The summed E-state index contributed by atoms with van der Waals surface area (Å²) in [5.74, 6) is -0.636. The van der Waals surface area contributed by atoms with Gasteiger partial charge in [-0.05, 0) is 37.0 Å². The summed E-state index contributed by atoms with van der Waals surface area (Å²) in [5, 5.41) is 8.25. The molecule has 0 saturated heterocycles. The summed E-state index contributed by atoms with van der Waals surface area (Å²) in [7, 11) is 0. The average molecular weight is 228 g/mol. The van der Waals surface area contributed by atoms with Crippen LogP contribution in [0.1, 0.15) is 35.2 Å². The first-order valence-electron chi connectivity index (χ1n) is 5.82. The molecule has 86 valence electrons. The van der Waals surface area contributed by atoms with Crippen molar-refractivity contribution >= 4 is 22.4 Å². The molecule has 17 heavy (non-hydrogen) atoms. The first-order valence-corrected chi connectivity index (χ1v) is 5.82. The van der Waals surface area contributed by atoms with Crippen molar-refractivity contribution in [3.05, 3.63) is 41.6 Å². The Morgan fingerprint density at radius 2 is 2.24 bits per heavy atom. The molecule has 0 saturated carbocycles. The highest BCUT2D eigenvalue weighted by molar-refractivity contribution is 5.98. The summed E-state index contributed by atoms with van der Waals surface area (Å²) in [6, 6.07) is 5.41. The normalized spacial score (nSPS) is 15.2. The molecule has 0 radical (unpaired) electrons. The Morgan fingerprint density at radius 3 is 2.94 bits per heavy atom. The number of hydrogen-bond acceptors (Lipinski definition) is 1. The fourth-order valence-corrected chi connectivity index (χ4v) is 2.45. The van der Waals surface area contributed by atoms with Gasteiger partial charge in [-0.25, -0.2) is 0 Å². The molecule has 3 nitrogen and oxygen atoms in total. The minimum absolute atomic E-state index is 0.436. The molecular formula is C14H14NO2+. The summed E-state index contributed by atoms with van der Waals surface area (Å²) in [4.78, 5) is 14.2. The molecule has 1 aliphatic carbocycles. The lowest BCUT2D eigenvalue weighted by Gasteiger charge is -1.99. The van der Waals surface area contributed by atoms with Crippen LogP contribution in [0.4, 0.5) is 0 Å². The van der Waals surface area contributed by atoms with E-state index in [4.69, 9.17) is 5.11 Å². The Morgan fingerprint density at radius 1 is 1.35 bits per heavy atom. The Kier molecular flexibility index (Phi) is 2.25. The highest BCUT2D eigenvalue weighted by Crippen LogP contribution is 2.32. The molecule has 0 unspecified atom stereocenters. The molecule has 0 spiro atoms. The molecule has 1 aromatic heterocycles. The number of hydrogen-bond donors (Lipinski definition) is 1. The molecule has 1 aromatic carbocycles. The maximum atomic E-state index is 11.0. The van der Waals surface area contributed by atoms with Crippen LogP contribution in [0.15, 0.2) is 30.5 Å². The summed E-state index contributed by atoms with van der Waals surface area (Å²) in [6.45, 7) is 0. The lowest BCUT2D eigenvalue weighted by molar-refractivity contribution is 0.0697. The highest BCUT2D eigenvalue weighted by Gasteiger charge is 2.15. The van der Waals surface area contributed by atoms with Crippen LogP contribution in [0.2, 0.25) is 0 Å². The summed E-state index contributed by atoms with van der Waals surface area (Å²) >= 11 is 0. The minimum Gasteiger partial charge on any atom is -0.561 e. The van der Waals surface area contributed by atoms with E-state index in [-0.39, 0.29) is 0 Å². The van der Waals surface area contributed by atoms with Crippen molar-refractivity contribution in [3.8, 4) is 0 Å². The zero-order valence-corrected chi connectivity index (χ0v) is 9.42. The fourth-order valence-electron chi connectivity index (χ4n) is 2.45. The second-order valence-corrected chi connectivity index (χ2v) is 4.41. The number of carbonyl (C=O) groups excluding carboxylic acids is 1. The first-order chi connectivity index (χ1) is 8.25. The second kappa shape index (κ2) is 3.77.